The van der Waals surface area contributed by atoms with E-state index < -0.39 is 0 Å². The second-order valence-corrected chi connectivity index (χ2v) is 5.96. The summed E-state index contributed by atoms with van der Waals surface area (Å²) < 4.78 is 5.10. The van der Waals surface area contributed by atoms with Crippen LogP contribution in [0.5, 0.6) is 5.75 Å². The molecule has 0 saturated heterocycles. The molecule has 2 aromatic carbocycles. The monoisotopic (exact) mass is 336 g/mol. The second kappa shape index (κ2) is 7.21. The van der Waals surface area contributed by atoms with Gasteiger partial charge in [-0.25, -0.2) is 0 Å². The Bertz CT molecular complexity index is 959. The van der Waals surface area contributed by atoms with E-state index in [1.807, 2.05) is 55.5 Å². The number of H-pyrrole nitrogens is 1. The predicted octanol–water partition coefficient (Wildman–Crippen LogP) is 2.70. The van der Waals surface area contributed by atoms with Crippen LogP contribution in [0.15, 0.2) is 53.3 Å². The highest BCUT2D eigenvalue weighted by molar-refractivity contribution is 5.82. The minimum Gasteiger partial charge on any atom is -0.497 e. The lowest BCUT2D eigenvalue weighted by atomic mass is 10.1. The molecule has 128 valence electrons. The van der Waals surface area contributed by atoms with E-state index in [2.05, 4.69) is 10.3 Å². The quantitative estimate of drug-likeness (QED) is 0.752. The van der Waals surface area contributed by atoms with Crippen LogP contribution in [-0.4, -0.2) is 18.0 Å². The molecule has 0 aliphatic rings. The molecule has 5 heteroatoms. The molecule has 3 rings (SSSR count). The van der Waals surface area contributed by atoms with Crippen LogP contribution in [0.4, 0.5) is 0 Å². The molecule has 1 amide bonds. The van der Waals surface area contributed by atoms with Gasteiger partial charge in [-0.15, -0.1) is 0 Å². The summed E-state index contributed by atoms with van der Waals surface area (Å²) in [5.41, 5.74) is 3.11. The topological polar surface area (TPSA) is 71.2 Å². The first-order valence-electron chi connectivity index (χ1n) is 8.08. The summed E-state index contributed by atoms with van der Waals surface area (Å²) in [6, 6.07) is 15.0. The van der Waals surface area contributed by atoms with Crippen molar-refractivity contribution in [2.75, 3.05) is 7.11 Å². The summed E-state index contributed by atoms with van der Waals surface area (Å²) in [7, 11) is 1.60. The Kier molecular flexibility index (Phi) is 4.84. The van der Waals surface area contributed by atoms with Gasteiger partial charge in [0.2, 0.25) is 5.91 Å². The zero-order valence-electron chi connectivity index (χ0n) is 14.3. The lowest BCUT2D eigenvalue weighted by molar-refractivity contribution is -0.120. The SMILES string of the molecule is COc1ccc(CC(=O)NCc2cc3cccc(C)c3[nH]c2=O)cc1. The van der Waals surface area contributed by atoms with Crippen LogP contribution in [0.25, 0.3) is 10.9 Å². The lowest BCUT2D eigenvalue weighted by Crippen LogP contribution is -2.28. The van der Waals surface area contributed by atoms with Gasteiger partial charge in [0, 0.05) is 12.1 Å². The summed E-state index contributed by atoms with van der Waals surface area (Å²) in [5, 5.41) is 3.76. The van der Waals surface area contributed by atoms with Gasteiger partial charge in [-0.05, 0) is 41.6 Å². The van der Waals surface area contributed by atoms with Crippen LogP contribution >= 0.6 is 0 Å². The predicted molar refractivity (Wildman–Crippen MR) is 97.9 cm³/mol. The summed E-state index contributed by atoms with van der Waals surface area (Å²) in [6.45, 7) is 2.16. The van der Waals surface area contributed by atoms with Gasteiger partial charge in [-0.2, -0.15) is 0 Å². The number of para-hydroxylation sites is 1. The fraction of sp³-hybridized carbons (Fsp3) is 0.200. The molecule has 1 aromatic heterocycles. The largest absolute Gasteiger partial charge is 0.497 e. The molecule has 0 aliphatic carbocycles. The smallest absolute Gasteiger partial charge is 0.253 e. The van der Waals surface area contributed by atoms with Crippen molar-refractivity contribution in [3.63, 3.8) is 0 Å². The highest BCUT2D eigenvalue weighted by atomic mass is 16.5. The lowest BCUT2D eigenvalue weighted by Gasteiger charge is -2.08. The maximum atomic E-state index is 12.2. The molecular formula is C20H20N2O3. The molecule has 0 fully saturated rings. The maximum Gasteiger partial charge on any atom is 0.253 e. The summed E-state index contributed by atoms with van der Waals surface area (Å²) >= 11 is 0. The number of benzene rings is 2. The summed E-state index contributed by atoms with van der Waals surface area (Å²) in [4.78, 5) is 27.2. The van der Waals surface area contributed by atoms with Crippen molar-refractivity contribution in [1.82, 2.24) is 10.3 Å². The molecular weight excluding hydrogens is 316 g/mol. The number of fused-ring (bicyclic) bond motifs is 1. The van der Waals surface area contributed by atoms with Crippen molar-refractivity contribution >= 4 is 16.8 Å². The first kappa shape index (κ1) is 16.8. The van der Waals surface area contributed by atoms with E-state index in [1.54, 1.807) is 7.11 Å². The Balaban J connectivity index is 1.68. The summed E-state index contributed by atoms with van der Waals surface area (Å²) in [6.07, 6.45) is 0.259. The molecule has 0 atom stereocenters. The highest BCUT2D eigenvalue weighted by Gasteiger charge is 2.08. The fourth-order valence-electron chi connectivity index (χ4n) is 2.74. The van der Waals surface area contributed by atoms with Crippen LogP contribution in [0.2, 0.25) is 0 Å². The number of aromatic nitrogens is 1. The van der Waals surface area contributed by atoms with Crippen molar-refractivity contribution in [2.24, 2.45) is 0 Å². The number of aromatic amines is 1. The maximum absolute atomic E-state index is 12.2. The molecule has 1 heterocycles. The van der Waals surface area contributed by atoms with E-state index in [-0.39, 0.29) is 24.4 Å². The second-order valence-electron chi connectivity index (χ2n) is 5.96. The van der Waals surface area contributed by atoms with Crippen LogP contribution in [0.1, 0.15) is 16.7 Å². The van der Waals surface area contributed by atoms with E-state index in [0.717, 1.165) is 27.8 Å². The third-order valence-electron chi connectivity index (χ3n) is 4.16. The molecule has 25 heavy (non-hydrogen) atoms. The minimum atomic E-state index is -0.174. The van der Waals surface area contributed by atoms with Crippen molar-refractivity contribution < 1.29 is 9.53 Å². The molecule has 0 radical (unpaired) electrons. The van der Waals surface area contributed by atoms with Gasteiger partial charge in [0.1, 0.15) is 5.75 Å². The molecule has 0 aliphatic heterocycles. The number of carbonyl (C=O) groups excluding carboxylic acids is 1. The van der Waals surface area contributed by atoms with E-state index in [4.69, 9.17) is 4.74 Å². The van der Waals surface area contributed by atoms with Gasteiger partial charge in [0.15, 0.2) is 0 Å². The van der Waals surface area contributed by atoms with E-state index in [0.29, 0.717) is 5.56 Å². The molecule has 0 saturated carbocycles. The number of rotatable bonds is 5. The molecule has 0 unspecified atom stereocenters. The third-order valence-corrected chi connectivity index (χ3v) is 4.16. The molecule has 0 spiro atoms. The standard InChI is InChI=1S/C20H20N2O3/c1-13-4-3-5-15-11-16(20(24)22-19(13)15)12-21-18(23)10-14-6-8-17(25-2)9-7-14/h3-9,11H,10,12H2,1-2H3,(H,21,23)(H,22,24). The molecule has 0 bridgehead atoms. The van der Waals surface area contributed by atoms with Gasteiger partial charge >= 0.3 is 0 Å². The average Bonchev–Trinajstić information content (AvgIpc) is 2.61. The number of ether oxygens (including phenoxy) is 1. The number of methoxy groups -OCH3 is 1. The Morgan fingerprint density at radius 2 is 1.92 bits per heavy atom. The van der Waals surface area contributed by atoms with E-state index >= 15 is 0 Å². The van der Waals surface area contributed by atoms with Gasteiger partial charge in [0.25, 0.3) is 5.56 Å². The summed E-state index contributed by atoms with van der Waals surface area (Å²) in [5.74, 6) is 0.621. The highest BCUT2D eigenvalue weighted by Crippen LogP contribution is 2.15. The Morgan fingerprint density at radius 3 is 2.64 bits per heavy atom. The molecule has 3 aromatic rings. The number of amides is 1. The average molecular weight is 336 g/mol. The van der Waals surface area contributed by atoms with Gasteiger partial charge in [0.05, 0.1) is 19.0 Å². The van der Waals surface area contributed by atoms with Crippen LogP contribution in [0.3, 0.4) is 0 Å². The first-order chi connectivity index (χ1) is 12.1. The van der Waals surface area contributed by atoms with Gasteiger partial charge < -0.3 is 15.0 Å². The van der Waals surface area contributed by atoms with E-state index in [1.165, 1.54) is 0 Å². The van der Waals surface area contributed by atoms with Crippen molar-refractivity contribution in [3.8, 4) is 5.75 Å². The van der Waals surface area contributed by atoms with Gasteiger partial charge in [-0.3, -0.25) is 9.59 Å². The number of hydrogen-bond acceptors (Lipinski definition) is 3. The van der Waals surface area contributed by atoms with Crippen molar-refractivity contribution in [1.29, 1.82) is 0 Å². The van der Waals surface area contributed by atoms with Crippen molar-refractivity contribution in [2.45, 2.75) is 19.9 Å². The number of nitrogens with one attached hydrogen (secondary N) is 2. The van der Waals surface area contributed by atoms with E-state index in [9.17, 15) is 9.59 Å². The number of pyridine rings is 1. The molecule has 5 nitrogen and oxygen atoms in total. The molecule has 2 N–H and O–H groups in total. The van der Waals surface area contributed by atoms with Gasteiger partial charge in [-0.1, -0.05) is 30.3 Å². The third kappa shape index (κ3) is 3.88. The van der Waals surface area contributed by atoms with Crippen LogP contribution in [-0.2, 0) is 17.8 Å². The number of aryl methyl sites for hydroxylation is 1. The number of carbonyl (C=O) groups is 1. The Morgan fingerprint density at radius 1 is 1.16 bits per heavy atom. The Hall–Kier alpha value is -3.08. The normalized spacial score (nSPS) is 10.6. The number of hydrogen-bond donors (Lipinski definition) is 2. The minimum absolute atomic E-state index is 0.131. The van der Waals surface area contributed by atoms with Crippen LogP contribution in [0, 0.1) is 6.92 Å². The van der Waals surface area contributed by atoms with Crippen LogP contribution < -0.4 is 15.6 Å². The Labute approximate surface area is 145 Å². The zero-order valence-corrected chi connectivity index (χ0v) is 14.3. The first-order valence-corrected chi connectivity index (χ1v) is 8.08. The zero-order chi connectivity index (χ0) is 17.8. The fourth-order valence-corrected chi connectivity index (χ4v) is 2.74. The van der Waals surface area contributed by atoms with Crippen molar-refractivity contribution in [3.05, 3.63) is 75.6 Å².